The van der Waals surface area contributed by atoms with Crippen LogP contribution in [-0.2, 0) is 0 Å². The van der Waals surface area contributed by atoms with Crippen molar-refractivity contribution in [3.8, 4) is 0 Å². The van der Waals surface area contributed by atoms with Gasteiger partial charge < -0.3 is 9.52 Å². The molecule has 0 amide bonds. The number of thioether (sulfide) groups is 2. The number of rotatable bonds is 4. The Morgan fingerprint density at radius 1 is 1.00 bits per heavy atom. The monoisotopic (exact) mass is 462 g/mol. The molecule has 2 nitrogen and oxygen atoms in total. The topological polar surface area (TPSA) is 33.4 Å². The van der Waals surface area contributed by atoms with Gasteiger partial charge in [-0.05, 0) is 84.0 Å². The van der Waals surface area contributed by atoms with Gasteiger partial charge in [0, 0.05) is 17.1 Å². The summed E-state index contributed by atoms with van der Waals surface area (Å²) in [4.78, 5) is 0. The van der Waals surface area contributed by atoms with E-state index in [0.29, 0.717) is 26.7 Å². The van der Waals surface area contributed by atoms with Gasteiger partial charge in [0.25, 0.3) is 0 Å². The first kappa shape index (κ1) is 22.7. The highest BCUT2D eigenvalue weighted by molar-refractivity contribution is 8.20. The van der Waals surface area contributed by atoms with E-state index in [1.165, 1.54) is 50.0 Å². The summed E-state index contributed by atoms with van der Waals surface area (Å²) in [5.41, 5.74) is 2.48. The fraction of sp³-hybridized carbons (Fsp3) is 0.852. The second-order valence-corrected chi connectivity index (χ2v) is 15.4. The van der Waals surface area contributed by atoms with Crippen molar-refractivity contribution >= 4 is 23.5 Å². The van der Waals surface area contributed by atoms with Gasteiger partial charge in [0.2, 0.25) is 0 Å². The zero-order valence-corrected chi connectivity index (χ0v) is 21.8. The Morgan fingerprint density at radius 3 is 2.42 bits per heavy atom. The van der Waals surface area contributed by atoms with Crippen molar-refractivity contribution in [3.63, 3.8) is 0 Å². The third-order valence-corrected chi connectivity index (χ3v) is 14.3. The molecule has 0 radical (unpaired) electrons. The molecule has 0 aromatic carbocycles. The smallest absolute Gasteiger partial charge is 0.0960 e. The summed E-state index contributed by atoms with van der Waals surface area (Å²) in [5.74, 6) is 4.75. The highest BCUT2D eigenvalue weighted by Crippen LogP contribution is 2.76. The highest BCUT2D eigenvalue weighted by atomic mass is 32.2. The second-order valence-electron chi connectivity index (χ2n) is 12.6. The molecule has 3 saturated carbocycles. The van der Waals surface area contributed by atoms with E-state index in [4.69, 9.17) is 4.42 Å². The average Bonchev–Trinajstić information content (AvgIpc) is 3.44. The SMILES string of the molecule is CC1(C)CCC[C@]2(C)[C@H]3C[C@](C)(C4SCCS4)[C@@H](C[C@@H](O)c4ccoc4)[C@]3(C)CC[C@@H]12. The molecule has 0 bridgehead atoms. The maximum Gasteiger partial charge on any atom is 0.0960 e. The van der Waals surface area contributed by atoms with Crippen molar-refractivity contribution in [1.29, 1.82) is 0 Å². The molecule has 174 valence electrons. The largest absolute Gasteiger partial charge is 0.472 e. The third kappa shape index (κ3) is 3.40. The molecule has 1 saturated heterocycles. The van der Waals surface area contributed by atoms with Crippen LogP contribution >= 0.6 is 23.5 Å². The quantitative estimate of drug-likeness (QED) is 0.495. The Bertz CT molecular complexity index is 785. The average molecular weight is 463 g/mol. The molecule has 3 aliphatic carbocycles. The predicted molar refractivity (Wildman–Crippen MR) is 133 cm³/mol. The standard InChI is InChI=1S/C27H42O2S2/c1-24(2)9-6-10-25(3)20(24)7-11-26(4)21(15-19(28)18-8-12-29-17-18)27(5,16-22(25)26)23-30-13-14-31-23/h8,12,17,19-23,28H,6-7,9-11,13-16H2,1-5H3/t19-,20+,21+,22-,25+,26+,27+/m1/s1. The first-order chi connectivity index (χ1) is 14.6. The van der Waals surface area contributed by atoms with E-state index in [1.54, 1.807) is 12.5 Å². The molecular formula is C27H42O2S2. The summed E-state index contributed by atoms with van der Waals surface area (Å²) >= 11 is 4.40. The van der Waals surface area contributed by atoms with Crippen molar-refractivity contribution in [2.24, 2.45) is 39.4 Å². The minimum absolute atomic E-state index is 0.287. The van der Waals surface area contributed by atoms with Gasteiger partial charge in [0.05, 0.1) is 23.2 Å². The van der Waals surface area contributed by atoms with Crippen molar-refractivity contribution in [2.45, 2.75) is 90.3 Å². The van der Waals surface area contributed by atoms with E-state index < -0.39 is 6.10 Å². The fourth-order valence-corrected chi connectivity index (χ4v) is 12.7. The van der Waals surface area contributed by atoms with Crippen molar-refractivity contribution in [2.75, 3.05) is 11.5 Å². The van der Waals surface area contributed by atoms with Gasteiger partial charge in [-0.1, -0.05) is 41.0 Å². The lowest BCUT2D eigenvalue weighted by Crippen LogP contribution is -2.54. The van der Waals surface area contributed by atoms with Crippen LogP contribution < -0.4 is 0 Å². The Labute approximate surface area is 198 Å². The van der Waals surface area contributed by atoms with Crippen LogP contribution in [-0.4, -0.2) is 21.2 Å². The lowest BCUT2D eigenvalue weighted by atomic mass is 9.43. The van der Waals surface area contributed by atoms with Gasteiger partial charge in [-0.3, -0.25) is 0 Å². The zero-order valence-electron chi connectivity index (χ0n) is 20.2. The van der Waals surface area contributed by atoms with Gasteiger partial charge >= 0.3 is 0 Å². The summed E-state index contributed by atoms with van der Waals surface area (Å²) in [6.07, 6.45) is 12.2. The van der Waals surface area contributed by atoms with Crippen molar-refractivity contribution in [1.82, 2.24) is 0 Å². The van der Waals surface area contributed by atoms with Crippen LogP contribution in [0.1, 0.15) is 91.2 Å². The lowest BCUT2D eigenvalue weighted by Gasteiger charge is -2.62. The molecule has 1 aliphatic heterocycles. The Kier molecular flexibility index (Phi) is 5.67. The molecule has 1 aromatic rings. The Morgan fingerprint density at radius 2 is 1.74 bits per heavy atom. The van der Waals surface area contributed by atoms with E-state index in [2.05, 4.69) is 58.1 Å². The minimum Gasteiger partial charge on any atom is -0.472 e. The van der Waals surface area contributed by atoms with Crippen LogP contribution in [0.4, 0.5) is 0 Å². The number of aliphatic hydroxyl groups excluding tert-OH is 1. The molecule has 1 N–H and O–H groups in total. The number of hydrogen-bond acceptors (Lipinski definition) is 4. The number of furan rings is 1. The van der Waals surface area contributed by atoms with Crippen LogP contribution in [0.25, 0.3) is 0 Å². The predicted octanol–water partition coefficient (Wildman–Crippen LogP) is 7.78. The summed E-state index contributed by atoms with van der Waals surface area (Å²) in [6.45, 7) is 13.0. The summed E-state index contributed by atoms with van der Waals surface area (Å²) in [6, 6.07) is 1.96. The summed E-state index contributed by atoms with van der Waals surface area (Å²) in [7, 11) is 0. The maximum atomic E-state index is 11.3. The summed E-state index contributed by atoms with van der Waals surface area (Å²) < 4.78 is 6.00. The van der Waals surface area contributed by atoms with E-state index in [-0.39, 0.29) is 5.41 Å². The van der Waals surface area contributed by atoms with E-state index in [0.717, 1.165) is 23.8 Å². The van der Waals surface area contributed by atoms with Crippen LogP contribution in [0, 0.1) is 39.4 Å². The van der Waals surface area contributed by atoms with Crippen molar-refractivity contribution < 1.29 is 9.52 Å². The van der Waals surface area contributed by atoms with Gasteiger partial charge in [-0.2, -0.15) is 0 Å². The van der Waals surface area contributed by atoms with Gasteiger partial charge in [-0.25, -0.2) is 0 Å². The number of hydrogen-bond donors (Lipinski definition) is 1. The number of fused-ring (bicyclic) bond motifs is 3. The molecule has 4 heteroatoms. The van der Waals surface area contributed by atoms with Crippen LogP contribution in [0.2, 0.25) is 0 Å². The van der Waals surface area contributed by atoms with Crippen LogP contribution in [0.15, 0.2) is 23.0 Å². The molecule has 5 rings (SSSR count). The molecule has 4 aliphatic rings. The number of aliphatic hydroxyl groups is 1. The molecule has 0 spiro atoms. The fourth-order valence-electron chi connectivity index (χ4n) is 9.27. The lowest BCUT2D eigenvalue weighted by molar-refractivity contribution is -0.129. The van der Waals surface area contributed by atoms with Crippen LogP contribution in [0.3, 0.4) is 0 Å². The normalized spacial score (nSPS) is 45.9. The molecule has 1 aromatic heterocycles. The van der Waals surface area contributed by atoms with Crippen molar-refractivity contribution in [3.05, 3.63) is 24.2 Å². The highest BCUT2D eigenvalue weighted by Gasteiger charge is 2.68. The van der Waals surface area contributed by atoms with Gasteiger partial charge in [-0.15, -0.1) is 23.5 Å². The van der Waals surface area contributed by atoms with E-state index >= 15 is 0 Å². The molecule has 2 heterocycles. The molecule has 0 unspecified atom stereocenters. The molecule has 4 fully saturated rings. The third-order valence-electron chi connectivity index (χ3n) is 10.6. The molecular weight excluding hydrogens is 420 g/mol. The first-order valence-electron chi connectivity index (χ1n) is 12.5. The summed E-state index contributed by atoms with van der Waals surface area (Å²) in [5, 5.41) is 11.3. The van der Waals surface area contributed by atoms with E-state index in [1.807, 2.05) is 6.07 Å². The Balaban J connectivity index is 1.54. The zero-order chi connectivity index (χ0) is 22.1. The molecule has 7 atom stereocenters. The maximum absolute atomic E-state index is 11.3. The first-order valence-corrected chi connectivity index (χ1v) is 14.6. The van der Waals surface area contributed by atoms with Gasteiger partial charge in [0.15, 0.2) is 0 Å². The molecule has 31 heavy (non-hydrogen) atoms. The minimum atomic E-state index is -0.414. The second kappa shape index (κ2) is 7.73. The Hall–Kier alpha value is -0.0600. The van der Waals surface area contributed by atoms with Crippen LogP contribution in [0.5, 0.6) is 0 Å². The van der Waals surface area contributed by atoms with E-state index in [9.17, 15) is 5.11 Å². The van der Waals surface area contributed by atoms with Gasteiger partial charge in [0.1, 0.15) is 0 Å².